The summed E-state index contributed by atoms with van der Waals surface area (Å²) >= 11 is 0. The first-order valence-electron chi connectivity index (χ1n) is 11.6. The highest BCUT2D eigenvalue weighted by Crippen LogP contribution is 2.41. The Morgan fingerprint density at radius 2 is 1.42 bits per heavy atom. The number of piperidine rings is 1. The van der Waals surface area contributed by atoms with Crippen molar-refractivity contribution in [1.82, 2.24) is 0 Å². The quantitative estimate of drug-likeness (QED) is 0.486. The molecule has 3 aromatic carbocycles. The fraction of sp³-hybridized carbons (Fsp3) is 0.286. The van der Waals surface area contributed by atoms with Crippen molar-refractivity contribution in [2.45, 2.75) is 18.9 Å². The van der Waals surface area contributed by atoms with E-state index in [0.29, 0.717) is 40.8 Å². The molecule has 8 nitrogen and oxygen atoms in total. The Hall–Kier alpha value is -4.20. The molecule has 3 aromatic rings. The SMILES string of the molecule is COc1ccc(C2C(C(=O)Nc3ccc(OC)c(OC)c3)CCC(=O)N2c2ccc(OC)cc2)cc1. The summed E-state index contributed by atoms with van der Waals surface area (Å²) in [6.07, 6.45) is 0.671. The summed E-state index contributed by atoms with van der Waals surface area (Å²) in [5, 5.41) is 3.01. The molecular weight excluding hydrogens is 460 g/mol. The van der Waals surface area contributed by atoms with E-state index in [4.69, 9.17) is 18.9 Å². The highest BCUT2D eigenvalue weighted by molar-refractivity contribution is 6.00. The molecule has 1 heterocycles. The van der Waals surface area contributed by atoms with Gasteiger partial charge < -0.3 is 29.2 Å². The molecule has 1 saturated heterocycles. The molecule has 1 aliphatic rings. The monoisotopic (exact) mass is 490 g/mol. The van der Waals surface area contributed by atoms with Crippen LogP contribution in [0.15, 0.2) is 66.7 Å². The average molecular weight is 491 g/mol. The first kappa shape index (κ1) is 24.9. The van der Waals surface area contributed by atoms with Crippen LogP contribution in [-0.4, -0.2) is 40.3 Å². The van der Waals surface area contributed by atoms with Gasteiger partial charge in [0.25, 0.3) is 0 Å². The van der Waals surface area contributed by atoms with E-state index in [-0.39, 0.29) is 18.2 Å². The smallest absolute Gasteiger partial charge is 0.229 e. The molecule has 4 rings (SSSR count). The zero-order chi connectivity index (χ0) is 25.7. The van der Waals surface area contributed by atoms with Crippen molar-refractivity contribution in [3.8, 4) is 23.0 Å². The summed E-state index contributed by atoms with van der Waals surface area (Å²) in [4.78, 5) is 28.6. The predicted octanol–water partition coefficient (Wildman–Crippen LogP) is 4.84. The van der Waals surface area contributed by atoms with E-state index in [1.54, 1.807) is 63.7 Å². The van der Waals surface area contributed by atoms with Gasteiger partial charge in [-0.3, -0.25) is 9.59 Å². The van der Waals surface area contributed by atoms with E-state index in [0.717, 1.165) is 5.56 Å². The van der Waals surface area contributed by atoms with Crippen LogP contribution in [0.3, 0.4) is 0 Å². The number of carbonyl (C=O) groups is 2. The third-order valence-corrected chi connectivity index (χ3v) is 6.39. The van der Waals surface area contributed by atoms with Crippen LogP contribution in [0.2, 0.25) is 0 Å². The Labute approximate surface area is 210 Å². The number of rotatable bonds is 8. The number of methoxy groups -OCH3 is 4. The van der Waals surface area contributed by atoms with Crippen molar-refractivity contribution in [3.05, 3.63) is 72.3 Å². The molecule has 0 aromatic heterocycles. The van der Waals surface area contributed by atoms with Gasteiger partial charge >= 0.3 is 0 Å². The normalized spacial score (nSPS) is 17.3. The van der Waals surface area contributed by atoms with Crippen molar-refractivity contribution in [2.24, 2.45) is 5.92 Å². The van der Waals surface area contributed by atoms with Crippen LogP contribution in [0.25, 0.3) is 0 Å². The first-order valence-corrected chi connectivity index (χ1v) is 11.6. The summed E-state index contributed by atoms with van der Waals surface area (Å²) in [7, 11) is 6.29. The summed E-state index contributed by atoms with van der Waals surface area (Å²) in [6, 6.07) is 19.5. The number of hydrogen-bond acceptors (Lipinski definition) is 6. The number of carbonyl (C=O) groups excluding carboxylic acids is 2. The molecule has 0 radical (unpaired) electrons. The second-order valence-electron chi connectivity index (χ2n) is 8.38. The lowest BCUT2D eigenvalue weighted by Gasteiger charge is -2.41. The summed E-state index contributed by atoms with van der Waals surface area (Å²) in [5.74, 6) is 1.74. The van der Waals surface area contributed by atoms with E-state index in [1.807, 2.05) is 36.4 Å². The molecule has 2 unspecified atom stereocenters. The molecule has 0 spiro atoms. The number of nitrogens with one attached hydrogen (secondary N) is 1. The van der Waals surface area contributed by atoms with Crippen molar-refractivity contribution in [2.75, 3.05) is 38.7 Å². The van der Waals surface area contributed by atoms with Gasteiger partial charge in [-0.25, -0.2) is 0 Å². The van der Waals surface area contributed by atoms with Gasteiger partial charge in [0, 0.05) is 23.9 Å². The van der Waals surface area contributed by atoms with E-state index in [1.165, 1.54) is 0 Å². The van der Waals surface area contributed by atoms with E-state index >= 15 is 0 Å². The maximum atomic E-state index is 13.6. The van der Waals surface area contributed by atoms with Crippen molar-refractivity contribution < 1.29 is 28.5 Å². The highest BCUT2D eigenvalue weighted by atomic mass is 16.5. The molecule has 1 aliphatic heterocycles. The van der Waals surface area contributed by atoms with Gasteiger partial charge in [0.15, 0.2) is 11.5 Å². The number of hydrogen-bond donors (Lipinski definition) is 1. The maximum absolute atomic E-state index is 13.6. The zero-order valence-corrected chi connectivity index (χ0v) is 20.8. The van der Waals surface area contributed by atoms with Crippen LogP contribution >= 0.6 is 0 Å². The number of amides is 2. The second-order valence-corrected chi connectivity index (χ2v) is 8.38. The zero-order valence-electron chi connectivity index (χ0n) is 20.8. The lowest BCUT2D eigenvalue weighted by Crippen LogP contribution is -2.46. The minimum Gasteiger partial charge on any atom is -0.497 e. The molecule has 2 amide bonds. The van der Waals surface area contributed by atoms with Crippen LogP contribution in [0.4, 0.5) is 11.4 Å². The lowest BCUT2D eigenvalue weighted by atomic mass is 9.83. The summed E-state index contributed by atoms with van der Waals surface area (Å²) in [6.45, 7) is 0. The van der Waals surface area contributed by atoms with Crippen molar-refractivity contribution in [1.29, 1.82) is 0 Å². The van der Waals surface area contributed by atoms with Gasteiger partial charge in [0.2, 0.25) is 11.8 Å². The Morgan fingerprint density at radius 1 is 0.806 bits per heavy atom. The van der Waals surface area contributed by atoms with Crippen LogP contribution < -0.4 is 29.2 Å². The van der Waals surface area contributed by atoms with Gasteiger partial charge in [-0.1, -0.05) is 12.1 Å². The number of nitrogens with zero attached hydrogens (tertiary/aromatic N) is 1. The standard InChI is InChI=1S/C28H30N2O6/c1-33-21-10-5-18(6-11-21)27-23(28(32)29-19-7-15-24(35-3)25(17-19)36-4)14-16-26(31)30(27)20-8-12-22(34-2)13-9-20/h5-13,15,17,23,27H,14,16H2,1-4H3,(H,29,32). The van der Waals surface area contributed by atoms with Crippen LogP contribution in [0, 0.1) is 5.92 Å². The summed E-state index contributed by atoms with van der Waals surface area (Å²) < 4.78 is 21.3. The molecular formula is C28H30N2O6. The maximum Gasteiger partial charge on any atom is 0.229 e. The Bertz CT molecular complexity index is 1210. The summed E-state index contributed by atoms with van der Waals surface area (Å²) in [5.41, 5.74) is 2.12. The molecule has 1 N–H and O–H groups in total. The average Bonchev–Trinajstić information content (AvgIpc) is 2.92. The van der Waals surface area contributed by atoms with Crippen molar-refractivity contribution >= 4 is 23.2 Å². The van der Waals surface area contributed by atoms with Gasteiger partial charge in [-0.05, 0) is 60.5 Å². The molecule has 0 aliphatic carbocycles. The Kier molecular flexibility index (Phi) is 7.63. The van der Waals surface area contributed by atoms with Crippen LogP contribution in [0.5, 0.6) is 23.0 Å². The molecule has 8 heteroatoms. The Balaban J connectivity index is 1.71. The molecule has 0 saturated carbocycles. The minimum absolute atomic E-state index is 0.0452. The second kappa shape index (κ2) is 11.0. The van der Waals surface area contributed by atoms with Gasteiger partial charge in [-0.2, -0.15) is 0 Å². The molecule has 36 heavy (non-hydrogen) atoms. The number of ether oxygens (including phenoxy) is 4. The molecule has 2 atom stereocenters. The first-order chi connectivity index (χ1) is 17.5. The number of benzene rings is 3. The third kappa shape index (κ3) is 5.07. The largest absolute Gasteiger partial charge is 0.497 e. The predicted molar refractivity (Wildman–Crippen MR) is 137 cm³/mol. The molecule has 188 valence electrons. The minimum atomic E-state index is -0.509. The lowest BCUT2D eigenvalue weighted by molar-refractivity contribution is -0.125. The van der Waals surface area contributed by atoms with E-state index < -0.39 is 12.0 Å². The molecule has 1 fully saturated rings. The van der Waals surface area contributed by atoms with Gasteiger partial charge in [-0.15, -0.1) is 0 Å². The van der Waals surface area contributed by atoms with Gasteiger partial charge in [0.05, 0.1) is 40.4 Å². The van der Waals surface area contributed by atoms with Crippen molar-refractivity contribution in [3.63, 3.8) is 0 Å². The Morgan fingerprint density at radius 3 is 2.00 bits per heavy atom. The third-order valence-electron chi connectivity index (χ3n) is 6.39. The fourth-order valence-electron chi connectivity index (χ4n) is 4.55. The highest BCUT2D eigenvalue weighted by Gasteiger charge is 2.41. The van der Waals surface area contributed by atoms with Gasteiger partial charge in [0.1, 0.15) is 11.5 Å². The topological polar surface area (TPSA) is 86.3 Å². The molecule has 0 bridgehead atoms. The fourth-order valence-corrected chi connectivity index (χ4v) is 4.55. The van der Waals surface area contributed by atoms with Crippen LogP contribution in [-0.2, 0) is 9.59 Å². The van der Waals surface area contributed by atoms with Crippen LogP contribution in [0.1, 0.15) is 24.4 Å². The van der Waals surface area contributed by atoms with E-state index in [9.17, 15) is 9.59 Å². The number of anilines is 2. The van der Waals surface area contributed by atoms with E-state index in [2.05, 4.69) is 5.32 Å².